The van der Waals surface area contributed by atoms with Crippen LogP contribution in [-0.2, 0) is 16.0 Å². The molecule has 142 valence electrons. The lowest BCUT2D eigenvalue weighted by Crippen LogP contribution is -2.36. The molecule has 2 aromatic rings. The summed E-state index contributed by atoms with van der Waals surface area (Å²) in [6, 6.07) is 11.3. The molecule has 3 rings (SSSR count). The number of carbonyl (C=O) groups is 2. The maximum Gasteiger partial charge on any atom is 0.225 e. The van der Waals surface area contributed by atoms with Gasteiger partial charge in [0.1, 0.15) is 5.82 Å². The summed E-state index contributed by atoms with van der Waals surface area (Å²) in [5.41, 5.74) is 2.85. The van der Waals surface area contributed by atoms with Crippen LogP contribution in [0.25, 0.3) is 0 Å². The number of anilines is 2. The van der Waals surface area contributed by atoms with E-state index in [4.69, 9.17) is 4.74 Å². The zero-order valence-corrected chi connectivity index (χ0v) is 15.6. The Morgan fingerprint density at radius 1 is 1.07 bits per heavy atom. The number of hydrogen-bond acceptors (Lipinski definition) is 5. The summed E-state index contributed by atoms with van der Waals surface area (Å²) in [5, 5.41) is 2.75. The van der Waals surface area contributed by atoms with Gasteiger partial charge in [-0.15, -0.1) is 0 Å². The Morgan fingerprint density at radius 2 is 1.81 bits per heavy atom. The molecule has 1 amide bonds. The Labute approximate surface area is 159 Å². The second-order valence-corrected chi connectivity index (χ2v) is 6.52. The highest BCUT2D eigenvalue weighted by Gasteiger charge is 2.13. The minimum absolute atomic E-state index is 0.0246. The maximum absolute atomic E-state index is 12.2. The molecule has 1 N–H and O–H groups in total. The molecule has 0 saturated carbocycles. The number of hydrogen-bond donors (Lipinski definition) is 1. The number of benzene rings is 1. The van der Waals surface area contributed by atoms with E-state index in [9.17, 15) is 9.59 Å². The van der Waals surface area contributed by atoms with E-state index in [1.165, 1.54) is 5.56 Å². The van der Waals surface area contributed by atoms with Gasteiger partial charge in [-0.1, -0.05) is 31.2 Å². The number of Topliss-reactive ketones (excluding diaryl/α,β-unsaturated/α-hetero) is 1. The summed E-state index contributed by atoms with van der Waals surface area (Å²) in [4.78, 5) is 30.8. The Balaban J connectivity index is 1.47. The van der Waals surface area contributed by atoms with Crippen molar-refractivity contribution < 1.29 is 14.3 Å². The van der Waals surface area contributed by atoms with E-state index in [-0.39, 0.29) is 24.5 Å². The van der Waals surface area contributed by atoms with Crippen LogP contribution in [0.4, 0.5) is 11.5 Å². The molecule has 27 heavy (non-hydrogen) atoms. The number of ketones is 1. The van der Waals surface area contributed by atoms with Crippen molar-refractivity contribution in [1.29, 1.82) is 0 Å². The average Bonchev–Trinajstić information content (AvgIpc) is 2.73. The first-order chi connectivity index (χ1) is 13.2. The lowest BCUT2D eigenvalue weighted by atomic mass is 10.0. The molecule has 1 aliphatic heterocycles. The topological polar surface area (TPSA) is 71.5 Å². The van der Waals surface area contributed by atoms with Gasteiger partial charge < -0.3 is 15.0 Å². The Morgan fingerprint density at radius 3 is 2.44 bits per heavy atom. The van der Waals surface area contributed by atoms with E-state index in [1.807, 2.05) is 30.3 Å². The molecule has 1 aromatic carbocycles. The van der Waals surface area contributed by atoms with Gasteiger partial charge in [-0.05, 0) is 24.1 Å². The number of nitrogens with one attached hydrogen (secondary N) is 1. The molecule has 0 spiro atoms. The van der Waals surface area contributed by atoms with E-state index >= 15 is 0 Å². The highest BCUT2D eigenvalue weighted by atomic mass is 16.5. The van der Waals surface area contributed by atoms with Crippen molar-refractivity contribution in [2.24, 2.45) is 0 Å². The van der Waals surface area contributed by atoms with Crippen LogP contribution >= 0.6 is 0 Å². The molecular formula is C21H25N3O3. The van der Waals surface area contributed by atoms with E-state index in [1.54, 1.807) is 12.3 Å². The Bertz CT molecular complexity index is 766. The predicted molar refractivity (Wildman–Crippen MR) is 105 cm³/mol. The monoisotopic (exact) mass is 367 g/mol. The molecule has 6 nitrogen and oxygen atoms in total. The van der Waals surface area contributed by atoms with Crippen molar-refractivity contribution in [2.45, 2.75) is 26.2 Å². The number of carbonyl (C=O) groups excluding carboxylic acids is 2. The number of amides is 1. The molecule has 1 aliphatic rings. The molecule has 0 aliphatic carbocycles. The van der Waals surface area contributed by atoms with Gasteiger partial charge in [0.15, 0.2) is 5.78 Å². The number of aromatic nitrogens is 1. The van der Waals surface area contributed by atoms with Crippen molar-refractivity contribution >= 4 is 23.2 Å². The number of morpholine rings is 1. The van der Waals surface area contributed by atoms with Gasteiger partial charge in [-0.2, -0.15) is 0 Å². The first-order valence-electron chi connectivity index (χ1n) is 9.36. The molecule has 1 saturated heterocycles. The quantitative estimate of drug-likeness (QED) is 0.762. The molecule has 0 atom stereocenters. The van der Waals surface area contributed by atoms with Crippen molar-refractivity contribution in [2.75, 3.05) is 36.5 Å². The van der Waals surface area contributed by atoms with Crippen LogP contribution in [0.1, 0.15) is 35.7 Å². The Hall–Kier alpha value is -2.73. The third-order valence-electron chi connectivity index (χ3n) is 4.65. The van der Waals surface area contributed by atoms with Gasteiger partial charge in [-0.3, -0.25) is 9.59 Å². The first-order valence-corrected chi connectivity index (χ1v) is 9.36. The minimum atomic E-state index is -0.208. The van der Waals surface area contributed by atoms with Crippen LogP contribution in [0.15, 0.2) is 42.6 Å². The fourth-order valence-electron chi connectivity index (χ4n) is 2.97. The van der Waals surface area contributed by atoms with Gasteiger partial charge in [0.05, 0.1) is 25.1 Å². The zero-order valence-electron chi connectivity index (χ0n) is 15.6. The molecule has 6 heteroatoms. The summed E-state index contributed by atoms with van der Waals surface area (Å²) >= 11 is 0. The summed E-state index contributed by atoms with van der Waals surface area (Å²) in [7, 11) is 0. The molecular weight excluding hydrogens is 342 g/mol. The highest BCUT2D eigenvalue weighted by Crippen LogP contribution is 2.17. The number of pyridine rings is 1. The van der Waals surface area contributed by atoms with E-state index in [0.717, 1.165) is 25.2 Å². The van der Waals surface area contributed by atoms with Gasteiger partial charge in [0, 0.05) is 31.5 Å². The van der Waals surface area contributed by atoms with Crippen molar-refractivity contribution in [3.8, 4) is 0 Å². The Kier molecular flexibility index (Phi) is 6.54. The van der Waals surface area contributed by atoms with Crippen LogP contribution < -0.4 is 10.2 Å². The van der Waals surface area contributed by atoms with Crippen molar-refractivity contribution in [1.82, 2.24) is 4.98 Å². The summed E-state index contributed by atoms with van der Waals surface area (Å²) in [6.07, 6.45) is 3.01. The standard InChI is InChI=1S/C21H25N3O3/c1-2-16-3-5-17(6-4-16)19(25)8-10-21(26)23-20-9-7-18(15-22-20)24-11-13-27-14-12-24/h3-7,9,15H,2,8,10-14H2,1H3,(H,22,23,26). The third-order valence-corrected chi connectivity index (χ3v) is 4.65. The van der Waals surface area contributed by atoms with E-state index in [2.05, 4.69) is 22.1 Å². The molecule has 1 aromatic heterocycles. The van der Waals surface area contributed by atoms with Crippen LogP contribution in [0.2, 0.25) is 0 Å². The smallest absolute Gasteiger partial charge is 0.225 e. The minimum Gasteiger partial charge on any atom is -0.378 e. The van der Waals surface area contributed by atoms with E-state index in [0.29, 0.717) is 24.6 Å². The molecule has 0 radical (unpaired) electrons. The number of nitrogens with zero attached hydrogens (tertiary/aromatic N) is 2. The molecule has 1 fully saturated rings. The molecule has 0 unspecified atom stereocenters. The highest BCUT2D eigenvalue weighted by molar-refractivity contribution is 5.99. The van der Waals surface area contributed by atoms with Gasteiger partial charge in [0.25, 0.3) is 0 Å². The second kappa shape index (κ2) is 9.28. The third kappa shape index (κ3) is 5.37. The number of aryl methyl sites for hydroxylation is 1. The lowest BCUT2D eigenvalue weighted by molar-refractivity contribution is -0.116. The maximum atomic E-state index is 12.2. The zero-order chi connectivity index (χ0) is 19.1. The van der Waals surface area contributed by atoms with Crippen LogP contribution in [0, 0.1) is 0 Å². The van der Waals surface area contributed by atoms with Gasteiger partial charge in [0.2, 0.25) is 5.91 Å². The largest absolute Gasteiger partial charge is 0.378 e. The fourth-order valence-corrected chi connectivity index (χ4v) is 2.97. The van der Waals surface area contributed by atoms with Crippen LogP contribution in [0.5, 0.6) is 0 Å². The number of rotatable bonds is 7. The van der Waals surface area contributed by atoms with Gasteiger partial charge in [-0.25, -0.2) is 4.98 Å². The lowest BCUT2D eigenvalue weighted by Gasteiger charge is -2.28. The molecule has 2 heterocycles. The average molecular weight is 367 g/mol. The fraction of sp³-hybridized carbons (Fsp3) is 0.381. The van der Waals surface area contributed by atoms with Crippen LogP contribution in [-0.4, -0.2) is 43.0 Å². The van der Waals surface area contributed by atoms with E-state index < -0.39 is 0 Å². The normalized spacial score (nSPS) is 14.0. The number of ether oxygens (including phenoxy) is 1. The first kappa shape index (κ1) is 19.0. The van der Waals surface area contributed by atoms with Crippen molar-refractivity contribution in [3.05, 3.63) is 53.7 Å². The SMILES string of the molecule is CCc1ccc(C(=O)CCC(=O)Nc2ccc(N3CCOCC3)cn2)cc1. The van der Waals surface area contributed by atoms with Gasteiger partial charge >= 0.3 is 0 Å². The summed E-state index contributed by atoms with van der Waals surface area (Å²) in [5.74, 6) is 0.264. The second-order valence-electron chi connectivity index (χ2n) is 6.52. The predicted octanol–water partition coefficient (Wildman–Crippen LogP) is 3.08. The van der Waals surface area contributed by atoms with Crippen LogP contribution in [0.3, 0.4) is 0 Å². The summed E-state index contributed by atoms with van der Waals surface area (Å²) < 4.78 is 5.34. The van der Waals surface area contributed by atoms with Crippen molar-refractivity contribution in [3.63, 3.8) is 0 Å². The summed E-state index contributed by atoms with van der Waals surface area (Å²) in [6.45, 7) is 5.19. The molecule has 0 bridgehead atoms.